The molecule has 114 valence electrons. The van der Waals surface area contributed by atoms with Gasteiger partial charge in [-0.15, -0.1) is 0 Å². The van der Waals surface area contributed by atoms with Crippen LogP contribution < -0.4 is 9.47 Å². The molecule has 0 spiro atoms. The van der Waals surface area contributed by atoms with Crippen LogP contribution in [0.25, 0.3) is 6.08 Å². The van der Waals surface area contributed by atoms with E-state index in [0.29, 0.717) is 5.56 Å². The molecule has 0 fully saturated rings. The van der Waals surface area contributed by atoms with Gasteiger partial charge in [-0.25, -0.2) is 9.59 Å². The zero-order valence-corrected chi connectivity index (χ0v) is 11.9. The maximum absolute atomic E-state index is 11.6. The van der Waals surface area contributed by atoms with Crippen molar-refractivity contribution in [1.82, 2.24) is 0 Å². The molecule has 0 aliphatic carbocycles. The zero-order valence-electron chi connectivity index (χ0n) is 11.9. The van der Waals surface area contributed by atoms with Crippen molar-refractivity contribution in [1.29, 1.82) is 0 Å². The van der Waals surface area contributed by atoms with Gasteiger partial charge in [0, 0.05) is 0 Å². The molecule has 0 heterocycles. The largest absolute Gasteiger partial charge is 0.502 e. The Labute approximate surface area is 121 Å². The molecular weight excluding hydrogens is 280 g/mol. The number of carbonyl (C=O) groups excluding carboxylic acids is 1. The van der Waals surface area contributed by atoms with E-state index in [1.165, 1.54) is 26.4 Å². The number of benzene rings is 1. The van der Waals surface area contributed by atoms with Crippen molar-refractivity contribution in [2.75, 3.05) is 20.8 Å². The molecule has 1 rings (SSSR count). The smallest absolute Gasteiger partial charge is 0.345 e. The average molecular weight is 296 g/mol. The Balaban J connectivity index is 3.33. The van der Waals surface area contributed by atoms with Crippen LogP contribution in [0.2, 0.25) is 0 Å². The number of rotatable bonds is 6. The van der Waals surface area contributed by atoms with E-state index in [-0.39, 0.29) is 23.9 Å². The van der Waals surface area contributed by atoms with Crippen molar-refractivity contribution in [3.05, 3.63) is 23.3 Å². The van der Waals surface area contributed by atoms with Crippen LogP contribution in [0.5, 0.6) is 17.2 Å². The first kappa shape index (κ1) is 16.4. The molecule has 1 aromatic rings. The highest BCUT2D eigenvalue weighted by Gasteiger charge is 2.19. The van der Waals surface area contributed by atoms with Gasteiger partial charge in [-0.1, -0.05) is 0 Å². The molecule has 7 nitrogen and oxygen atoms in total. The lowest BCUT2D eigenvalue weighted by Gasteiger charge is -2.10. The summed E-state index contributed by atoms with van der Waals surface area (Å²) in [6.07, 6.45) is 1.12. The van der Waals surface area contributed by atoms with Crippen LogP contribution >= 0.6 is 0 Å². The maximum Gasteiger partial charge on any atom is 0.345 e. The molecule has 0 unspecified atom stereocenters. The lowest BCUT2D eigenvalue weighted by Crippen LogP contribution is -2.15. The molecule has 21 heavy (non-hydrogen) atoms. The molecule has 0 radical (unpaired) electrons. The van der Waals surface area contributed by atoms with Crippen LogP contribution in [0, 0.1) is 0 Å². The number of carboxylic acid groups (broad SMARTS) is 1. The molecule has 0 saturated heterocycles. The summed E-state index contributed by atoms with van der Waals surface area (Å²) in [5, 5.41) is 18.8. The molecule has 2 N–H and O–H groups in total. The third kappa shape index (κ3) is 3.88. The van der Waals surface area contributed by atoms with Crippen molar-refractivity contribution in [2.45, 2.75) is 6.92 Å². The first-order valence-corrected chi connectivity index (χ1v) is 6.01. The number of aromatic hydroxyl groups is 1. The Hall–Kier alpha value is -2.70. The van der Waals surface area contributed by atoms with Gasteiger partial charge in [0.05, 0.1) is 20.8 Å². The second-order valence-corrected chi connectivity index (χ2v) is 3.86. The van der Waals surface area contributed by atoms with Gasteiger partial charge < -0.3 is 24.4 Å². The standard InChI is InChI=1S/C14H16O7/c1-4-21-14(18)9(13(16)17)5-8-6-10(19-2)12(15)11(7-8)20-3/h5-7,15H,4H2,1-3H3,(H,16,17). The first-order chi connectivity index (χ1) is 9.94. The predicted molar refractivity (Wildman–Crippen MR) is 73.5 cm³/mol. The lowest BCUT2D eigenvalue weighted by atomic mass is 10.1. The molecule has 0 saturated carbocycles. The normalized spacial score (nSPS) is 10.9. The van der Waals surface area contributed by atoms with E-state index >= 15 is 0 Å². The van der Waals surface area contributed by atoms with Crippen LogP contribution in [0.1, 0.15) is 12.5 Å². The highest BCUT2D eigenvalue weighted by molar-refractivity contribution is 6.17. The highest BCUT2D eigenvalue weighted by atomic mass is 16.5. The molecule has 0 aromatic heterocycles. The average Bonchev–Trinajstić information content (AvgIpc) is 2.45. The van der Waals surface area contributed by atoms with Gasteiger partial charge in [-0.2, -0.15) is 0 Å². The summed E-state index contributed by atoms with van der Waals surface area (Å²) < 4.78 is 14.6. The van der Waals surface area contributed by atoms with Gasteiger partial charge in [0.2, 0.25) is 5.75 Å². The molecule has 0 amide bonds. The van der Waals surface area contributed by atoms with Crippen LogP contribution in [-0.4, -0.2) is 43.0 Å². The van der Waals surface area contributed by atoms with E-state index < -0.39 is 17.5 Å². The van der Waals surface area contributed by atoms with Gasteiger partial charge in [0.25, 0.3) is 0 Å². The minimum atomic E-state index is -1.42. The van der Waals surface area contributed by atoms with Crippen LogP contribution in [0.3, 0.4) is 0 Å². The van der Waals surface area contributed by atoms with Crippen molar-refractivity contribution in [3.8, 4) is 17.2 Å². The number of hydrogen-bond donors (Lipinski definition) is 2. The Morgan fingerprint density at radius 3 is 2.10 bits per heavy atom. The fraction of sp³-hybridized carbons (Fsp3) is 0.286. The summed E-state index contributed by atoms with van der Waals surface area (Å²) in [7, 11) is 2.68. The van der Waals surface area contributed by atoms with Crippen molar-refractivity contribution >= 4 is 18.0 Å². The second-order valence-electron chi connectivity index (χ2n) is 3.86. The van der Waals surface area contributed by atoms with E-state index in [9.17, 15) is 14.7 Å². The molecule has 0 aliphatic rings. The molecule has 0 atom stereocenters. The van der Waals surface area contributed by atoms with E-state index in [4.69, 9.17) is 14.6 Å². The second kappa shape index (κ2) is 7.18. The fourth-order valence-corrected chi connectivity index (χ4v) is 1.58. The third-order valence-electron chi connectivity index (χ3n) is 2.54. The number of phenols is 1. The quantitative estimate of drug-likeness (QED) is 0.354. The van der Waals surface area contributed by atoms with E-state index in [2.05, 4.69) is 4.74 Å². The summed E-state index contributed by atoms with van der Waals surface area (Å²) in [6, 6.07) is 2.75. The SMILES string of the molecule is CCOC(=O)C(=Cc1cc(OC)c(O)c(OC)c1)C(=O)O. The number of methoxy groups -OCH3 is 2. The number of carboxylic acids is 1. The minimum absolute atomic E-state index is 0.0612. The topological polar surface area (TPSA) is 102 Å². The van der Waals surface area contributed by atoms with E-state index in [1.54, 1.807) is 6.92 Å². The molecule has 0 aliphatic heterocycles. The van der Waals surface area contributed by atoms with Crippen molar-refractivity contribution in [2.24, 2.45) is 0 Å². The Bertz CT molecular complexity index is 550. The zero-order chi connectivity index (χ0) is 16.0. The highest BCUT2D eigenvalue weighted by Crippen LogP contribution is 2.37. The van der Waals surface area contributed by atoms with Gasteiger partial charge in [-0.05, 0) is 30.7 Å². The summed E-state index contributed by atoms with van der Waals surface area (Å²) in [6.45, 7) is 1.63. The van der Waals surface area contributed by atoms with Gasteiger partial charge in [0.1, 0.15) is 5.57 Å². The van der Waals surface area contributed by atoms with Gasteiger partial charge in [0.15, 0.2) is 11.5 Å². The third-order valence-corrected chi connectivity index (χ3v) is 2.54. The Morgan fingerprint density at radius 1 is 1.19 bits per heavy atom. The number of ether oxygens (including phenoxy) is 3. The van der Waals surface area contributed by atoms with Crippen LogP contribution in [0.4, 0.5) is 0 Å². The number of esters is 1. The summed E-state index contributed by atoms with van der Waals surface area (Å²) in [4.78, 5) is 22.7. The monoisotopic (exact) mass is 296 g/mol. The molecule has 0 bridgehead atoms. The Morgan fingerprint density at radius 2 is 1.71 bits per heavy atom. The molecule has 1 aromatic carbocycles. The number of aliphatic carboxylic acids is 1. The van der Waals surface area contributed by atoms with Crippen molar-refractivity contribution in [3.63, 3.8) is 0 Å². The predicted octanol–water partition coefficient (Wildman–Crippen LogP) is 1.44. The van der Waals surface area contributed by atoms with E-state index in [1.807, 2.05) is 0 Å². The lowest BCUT2D eigenvalue weighted by molar-refractivity contribution is -0.143. The molecular formula is C14H16O7. The minimum Gasteiger partial charge on any atom is -0.502 e. The number of phenolic OH excluding ortho intramolecular Hbond substituents is 1. The fourth-order valence-electron chi connectivity index (χ4n) is 1.58. The number of carbonyl (C=O) groups is 2. The molecule has 7 heteroatoms. The van der Waals surface area contributed by atoms with E-state index in [0.717, 1.165) is 6.08 Å². The van der Waals surface area contributed by atoms with Gasteiger partial charge >= 0.3 is 11.9 Å². The first-order valence-electron chi connectivity index (χ1n) is 6.01. The van der Waals surface area contributed by atoms with Gasteiger partial charge in [-0.3, -0.25) is 0 Å². The Kier molecular flexibility index (Phi) is 5.59. The van der Waals surface area contributed by atoms with Crippen LogP contribution in [0.15, 0.2) is 17.7 Å². The summed E-state index contributed by atoms with van der Waals surface area (Å²) in [5.41, 5.74) is -0.224. The number of hydrogen-bond acceptors (Lipinski definition) is 6. The summed E-state index contributed by atoms with van der Waals surface area (Å²) >= 11 is 0. The maximum atomic E-state index is 11.6. The van der Waals surface area contributed by atoms with Crippen LogP contribution in [-0.2, 0) is 14.3 Å². The summed E-state index contributed by atoms with van der Waals surface area (Å²) in [5.74, 6) is -2.40. The van der Waals surface area contributed by atoms with Crippen molar-refractivity contribution < 1.29 is 34.0 Å².